The summed E-state index contributed by atoms with van der Waals surface area (Å²) in [7, 11) is 3.76. The summed E-state index contributed by atoms with van der Waals surface area (Å²) in [6.45, 7) is 7.75. The lowest BCUT2D eigenvalue weighted by Gasteiger charge is -2.38. The minimum absolute atomic E-state index is 0.219. The van der Waals surface area contributed by atoms with Gasteiger partial charge in [0.05, 0.1) is 28.8 Å². The topological polar surface area (TPSA) is 90.7 Å². The number of pyridine rings is 1. The van der Waals surface area contributed by atoms with Crippen molar-refractivity contribution in [2.75, 3.05) is 42.3 Å². The lowest BCUT2D eigenvalue weighted by Crippen LogP contribution is -2.54. The second-order valence-electron chi connectivity index (χ2n) is 9.47. The maximum Gasteiger partial charge on any atom is 0.257 e. The summed E-state index contributed by atoms with van der Waals surface area (Å²) in [5, 5.41) is 6.36. The predicted octanol–water partition coefficient (Wildman–Crippen LogP) is 3.23. The van der Waals surface area contributed by atoms with Gasteiger partial charge in [0, 0.05) is 57.7 Å². The highest BCUT2D eigenvalue weighted by Crippen LogP contribution is 2.30. The molecule has 0 radical (unpaired) electrons. The number of imidazole rings is 1. The number of rotatable bonds is 4. The Balaban J connectivity index is 1.56. The first kappa shape index (κ1) is 23.0. The Morgan fingerprint density at radius 1 is 1.14 bits per heavy atom. The number of nitrogens with one attached hydrogen (secondary N) is 2. The van der Waals surface area contributed by atoms with E-state index in [0.717, 1.165) is 18.8 Å². The Labute approximate surface area is 203 Å². The first-order valence-corrected chi connectivity index (χ1v) is 11.6. The number of carbonyl (C=O) groups excluding carboxylic acids is 1. The number of hydrogen-bond donors (Lipinski definition) is 2. The third-order valence-electron chi connectivity index (χ3n) is 6.15. The molecule has 0 saturated carbocycles. The number of halogens is 1. The van der Waals surface area contributed by atoms with Crippen molar-refractivity contribution in [1.82, 2.24) is 24.7 Å². The molecule has 1 aliphatic rings. The Morgan fingerprint density at radius 2 is 1.89 bits per heavy atom. The van der Waals surface area contributed by atoms with Crippen LogP contribution >= 0.6 is 0 Å². The largest absolute Gasteiger partial charge is 0.367 e. The molecule has 3 aromatic heterocycles. The average molecular weight is 477 g/mol. The van der Waals surface area contributed by atoms with Crippen LogP contribution in [0.25, 0.3) is 16.7 Å². The summed E-state index contributed by atoms with van der Waals surface area (Å²) in [5.41, 5.74) is 3.72. The predicted molar refractivity (Wildman–Crippen MR) is 136 cm³/mol. The van der Waals surface area contributed by atoms with Crippen LogP contribution in [-0.2, 0) is 0 Å². The van der Waals surface area contributed by atoms with E-state index in [4.69, 9.17) is 9.97 Å². The molecule has 1 amide bonds. The van der Waals surface area contributed by atoms with Crippen molar-refractivity contribution in [1.29, 1.82) is 0 Å². The quantitative estimate of drug-likeness (QED) is 0.467. The number of piperazine rings is 1. The lowest BCUT2D eigenvalue weighted by molar-refractivity contribution is 0.102. The van der Waals surface area contributed by atoms with Gasteiger partial charge in [-0.15, -0.1) is 0 Å². The second-order valence-corrected chi connectivity index (χ2v) is 9.47. The van der Waals surface area contributed by atoms with Crippen molar-refractivity contribution >= 4 is 39.8 Å². The van der Waals surface area contributed by atoms with E-state index in [9.17, 15) is 9.18 Å². The number of aryl methyl sites for hydroxylation is 1. The summed E-state index contributed by atoms with van der Waals surface area (Å²) in [6, 6.07) is 5.62. The van der Waals surface area contributed by atoms with Crippen molar-refractivity contribution in [2.45, 2.75) is 32.9 Å². The van der Waals surface area contributed by atoms with Gasteiger partial charge in [-0.25, -0.2) is 19.3 Å². The van der Waals surface area contributed by atoms with Crippen LogP contribution in [0.4, 0.5) is 21.6 Å². The van der Waals surface area contributed by atoms with Crippen LogP contribution in [0, 0.1) is 12.7 Å². The van der Waals surface area contributed by atoms with E-state index >= 15 is 0 Å². The monoisotopic (exact) mass is 476 g/mol. The Bertz CT molecular complexity index is 1420. The van der Waals surface area contributed by atoms with E-state index in [2.05, 4.69) is 34.4 Å². The first-order chi connectivity index (χ1) is 16.7. The Kier molecular flexibility index (Phi) is 5.76. The zero-order valence-corrected chi connectivity index (χ0v) is 20.5. The highest BCUT2D eigenvalue weighted by molar-refractivity contribution is 6.13. The van der Waals surface area contributed by atoms with Gasteiger partial charge in [-0.1, -0.05) is 0 Å². The van der Waals surface area contributed by atoms with E-state index in [1.807, 2.05) is 25.1 Å². The molecule has 0 spiro atoms. The number of aromatic nitrogens is 4. The Hall–Kier alpha value is -3.79. The molecule has 1 saturated heterocycles. The van der Waals surface area contributed by atoms with Gasteiger partial charge in [-0.3, -0.25) is 4.79 Å². The van der Waals surface area contributed by atoms with E-state index in [1.165, 1.54) is 6.07 Å². The molecular weight excluding hydrogens is 447 g/mol. The normalized spacial score (nSPS) is 18.3. The van der Waals surface area contributed by atoms with Crippen molar-refractivity contribution in [2.24, 2.45) is 0 Å². The van der Waals surface area contributed by atoms with Gasteiger partial charge in [-0.2, -0.15) is 0 Å². The molecule has 9 nitrogen and oxygen atoms in total. The van der Waals surface area contributed by atoms with Crippen LogP contribution < -0.4 is 20.4 Å². The van der Waals surface area contributed by atoms with Gasteiger partial charge in [0.1, 0.15) is 16.9 Å². The minimum Gasteiger partial charge on any atom is -0.367 e. The molecule has 35 heavy (non-hydrogen) atoms. The van der Waals surface area contributed by atoms with E-state index in [-0.39, 0.29) is 11.6 Å². The van der Waals surface area contributed by atoms with Gasteiger partial charge in [0.25, 0.3) is 5.91 Å². The van der Waals surface area contributed by atoms with Gasteiger partial charge >= 0.3 is 0 Å². The molecule has 1 fully saturated rings. The maximum absolute atomic E-state index is 14.6. The minimum atomic E-state index is -0.507. The number of amides is 1. The summed E-state index contributed by atoms with van der Waals surface area (Å²) < 4.78 is 16.1. The molecule has 1 aromatic carbocycles. The highest BCUT2D eigenvalue weighted by atomic mass is 19.1. The third kappa shape index (κ3) is 4.37. The SMILES string of the molecule is Cc1cn2cc(NC(=O)c3ccc(N4C[C@@H](C)N[C@@H](C)C4)c4ncc(N(C)C)nc34)cc(F)c2n1. The molecule has 4 aromatic rings. The van der Waals surface area contributed by atoms with Crippen molar-refractivity contribution in [3.8, 4) is 0 Å². The number of hydrogen-bond acceptors (Lipinski definition) is 7. The maximum atomic E-state index is 14.6. The summed E-state index contributed by atoms with van der Waals surface area (Å²) in [5.74, 6) is -0.246. The van der Waals surface area contributed by atoms with Crippen molar-refractivity contribution in [3.05, 3.63) is 53.9 Å². The summed E-state index contributed by atoms with van der Waals surface area (Å²) >= 11 is 0. The number of anilines is 3. The fourth-order valence-corrected chi connectivity index (χ4v) is 4.70. The number of nitrogens with zero attached hydrogens (tertiary/aromatic N) is 6. The summed E-state index contributed by atoms with van der Waals surface area (Å²) in [6.07, 6.45) is 5.07. The van der Waals surface area contributed by atoms with Crippen molar-refractivity contribution < 1.29 is 9.18 Å². The molecule has 0 aliphatic carbocycles. The molecule has 182 valence electrons. The van der Waals surface area contributed by atoms with Gasteiger partial charge in [0.2, 0.25) is 0 Å². The van der Waals surface area contributed by atoms with Crippen LogP contribution in [0.5, 0.6) is 0 Å². The summed E-state index contributed by atoms with van der Waals surface area (Å²) in [4.78, 5) is 31.2. The lowest BCUT2D eigenvalue weighted by atomic mass is 10.1. The average Bonchev–Trinajstić information content (AvgIpc) is 3.18. The van der Waals surface area contributed by atoms with Crippen LogP contribution in [0.1, 0.15) is 29.9 Å². The van der Waals surface area contributed by atoms with Crippen LogP contribution in [0.2, 0.25) is 0 Å². The second kappa shape index (κ2) is 8.77. The molecular formula is C25H29FN8O. The Morgan fingerprint density at radius 3 is 2.60 bits per heavy atom. The van der Waals surface area contributed by atoms with E-state index in [1.54, 1.807) is 36.0 Å². The van der Waals surface area contributed by atoms with Crippen molar-refractivity contribution in [3.63, 3.8) is 0 Å². The van der Waals surface area contributed by atoms with E-state index in [0.29, 0.717) is 45.9 Å². The van der Waals surface area contributed by atoms with Crippen LogP contribution in [0.15, 0.2) is 36.8 Å². The smallest absolute Gasteiger partial charge is 0.257 e. The van der Waals surface area contributed by atoms with Crippen LogP contribution in [0.3, 0.4) is 0 Å². The molecule has 4 heterocycles. The number of fused-ring (bicyclic) bond motifs is 2. The zero-order chi connectivity index (χ0) is 24.9. The molecule has 5 rings (SSSR count). The molecule has 2 N–H and O–H groups in total. The van der Waals surface area contributed by atoms with Gasteiger partial charge in [-0.05, 0) is 32.9 Å². The fraction of sp³-hybridized carbons (Fsp3) is 0.360. The highest BCUT2D eigenvalue weighted by Gasteiger charge is 2.25. The van der Waals surface area contributed by atoms with Gasteiger partial charge < -0.3 is 24.8 Å². The van der Waals surface area contributed by atoms with E-state index < -0.39 is 5.82 Å². The standard InChI is InChI=1S/C25H29FN8O/c1-14-10-33(11-15(2)28-14)20-7-6-18(22-23(20)27-9-21(31-22)32(4)5)25(35)30-17-8-19(26)24-29-16(3)12-34(24)13-17/h6-9,12-15,28H,10-11H2,1-5H3,(H,30,35)/t14-,15+. The zero-order valence-electron chi connectivity index (χ0n) is 20.5. The number of carbonyl (C=O) groups is 1. The number of benzene rings is 1. The van der Waals surface area contributed by atoms with Gasteiger partial charge in [0.15, 0.2) is 11.5 Å². The molecule has 2 atom stereocenters. The molecule has 10 heteroatoms. The van der Waals surface area contributed by atoms with Crippen LogP contribution in [-0.4, -0.2) is 64.5 Å². The molecule has 0 unspecified atom stereocenters. The molecule has 0 bridgehead atoms. The fourth-order valence-electron chi connectivity index (χ4n) is 4.70. The molecule has 1 aliphatic heterocycles. The first-order valence-electron chi connectivity index (χ1n) is 11.6. The third-order valence-corrected chi connectivity index (χ3v) is 6.15.